The van der Waals surface area contributed by atoms with Crippen molar-refractivity contribution in [3.05, 3.63) is 34.9 Å². The molecule has 0 spiro atoms. The van der Waals surface area contributed by atoms with Gasteiger partial charge in [0.2, 0.25) is 5.91 Å². The van der Waals surface area contributed by atoms with Gasteiger partial charge in [0, 0.05) is 12.1 Å². The molecule has 2 rings (SSSR count). The quantitative estimate of drug-likeness (QED) is 0.850. The molecule has 4 nitrogen and oxygen atoms in total. The van der Waals surface area contributed by atoms with Gasteiger partial charge < -0.3 is 10.6 Å². The molecular weight excluding hydrogens is 240 g/mol. The van der Waals surface area contributed by atoms with Crippen LogP contribution in [0, 0.1) is 13.8 Å². The van der Waals surface area contributed by atoms with Gasteiger partial charge in [-0.3, -0.25) is 9.59 Å². The molecule has 1 aliphatic rings. The van der Waals surface area contributed by atoms with E-state index in [-0.39, 0.29) is 11.8 Å². The van der Waals surface area contributed by atoms with Crippen molar-refractivity contribution in [2.75, 3.05) is 6.54 Å². The van der Waals surface area contributed by atoms with Gasteiger partial charge in [0.1, 0.15) is 6.04 Å². The molecule has 19 heavy (non-hydrogen) atoms. The highest BCUT2D eigenvalue weighted by molar-refractivity contribution is 5.97. The maximum atomic E-state index is 12.1. The average molecular weight is 260 g/mol. The van der Waals surface area contributed by atoms with E-state index in [0.29, 0.717) is 18.5 Å². The number of hydrogen-bond donors (Lipinski definition) is 2. The molecule has 2 N–H and O–H groups in total. The number of amides is 2. The van der Waals surface area contributed by atoms with Gasteiger partial charge in [-0.15, -0.1) is 0 Å². The monoisotopic (exact) mass is 260 g/mol. The molecule has 1 fully saturated rings. The molecule has 1 aromatic carbocycles. The van der Waals surface area contributed by atoms with Gasteiger partial charge in [-0.2, -0.15) is 0 Å². The van der Waals surface area contributed by atoms with Crippen LogP contribution in [0.2, 0.25) is 0 Å². The Morgan fingerprint density at radius 1 is 1.26 bits per heavy atom. The first kappa shape index (κ1) is 13.6. The van der Waals surface area contributed by atoms with Gasteiger partial charge in [0.15, 0.2) is 0 Å². The first-order valence-electron chi connectivity index (χ1n) is 6.74. The van der Waals surface area contributed by atoms with Crippen LogP contribution in [0.5, 0.6) is 0 Å². The number of carbonyl (C=O) groups excluding carboxylic acids is 2. The molecule has 4 heteroatoms. The third-order valence-electron chi connectivity index (χ3n) is 3.61. The summed E-state index contributed by atoms with van der Waals surface area (Å²) in [6, 6.07) is 5.18. The zero-order chi connectivity index (χ0) is 13.8. The van der Waals surface area contributed by atoms with E-state index in [9.17, 15) is 9.59 Å². The second-order valence-electron chi connectivity index (χ2n) is 5.11. The van der Waals surface area contributed by atoms with Crippen LogP contribution in [-0.2, 0) is 4.79 Å². The van der Waals surface area contributed by atoms with E-state index in [1.165, 1.54) is 0 Å². The summed E-state index contributed by atoms with van der Waals surface area (Å²) in [6.45, 7) is 4.69. The van der Waals surface area contributed by atoms with Crippen molar-refractivity contribution in [1.82, 2.24) is 10.6 Å². The maximum Gasteiger partial charge on any atom is 0.251 e. The first-order valence-corrected chi connectivity index (χ1v) is 6.74. The molecule has 102 valence electrons. The highest BCUT2D eigenvalue weighted by Gasteiger charge is 2.22. The molecule has 1 aromatic rings. The normalized spacial score (nSPS) is 19.5. The molecule has 0 aliphatic carbocycles. The second-order valence-corrected chi connectivity index (χ2v) is 5.11. The summed E-state index contributed by atoms with van der Waals surface area (Å²) >= 11 is 0. The maximum absolute atomic E-state index is 12.1. The van der Waals surface area contributed by atoms with E-state index in [1.54, 1.807) is 6.07 Å². The number of hydrogen-bond acceptors (Lipinski definition) is 2. The topological polar surface area (TPSA) is 58.2 Å². The Bertz CT molecular complexity index is 497. The molecule has 2 amide bonds. The van der Waals surface area contributed by atoms with E-state index in [0.717, 1.165) is 24.0 Å². The third-order valence-corrected chi connectivity index (χ3v) is 3.61. The van der Waals surface area contributed by atoms with Crippen LogP contribution in [-0.4, -0.2) is 24.4 Å². The number of nitrogens with one attached hydrogen (secondary N) is 2. The molecule has 0 radical (unpaired) electrons. The minimum atomic E-state index is -0.406. The Hall–Kier alpha value is -1.84. The first-order chi connectivity index (χ1) is 9.08. The number of benzene rings is 1. The lowest BCUT2D eigenvalue weighted by molar-refractivity contribution is -0.122. The van der Waals surface area contributed by atoms with Crippen molar-refractivity contribution in [2.24, 2.45) is 0 Å². The van der Waals surface area contributed by atoms with Gasteiger partial charge >= 0.3 is 0 Å². The number of rotatable bonds is 2. The van der Waals surface area contributed by atoms with Gasteiger partial charge in [0.25, 0.3) is 5.91 Å². The van der Waals surface area contributed by atoms with Crippen molar-refractivity contribution in [3.8, 4) is 0 Å². The average Bonchev–Trinajstić information content (AvgIpc) is 2.58. The Morgan fingerprint density at radius 2 is 2.05 bits per heavy atom. The predicted octanol–water partition coefficient (Wildman–Crippen LogP) is 1.70. The molecule has 0 unspecified atom stereocenters. The fraction of sp³-hybridized carbons (Fsp3) is 0.467. The summed E-state index contributed by atoms with van der Waals surface area (Å²) in [6.07, 6.45) is 2.64. The van der Waals surface area contributed by atoms with Crippen molar-refractivity contribution >= 4 is 11.8 Å². The summed E-state index contributed by atoms with van der Waals surface area (Å²) in [5, 5.41) is 5.64. The van der Waals surface area contributed by atoms with Crippen molar-refractivity contribution in [1.29, 1.82) is 0 Å². The fourth-order valence-corrected chi connectivity index (χ4v) is 2.20. The van der Waals surface area contributed by atoms with Crippen LogP contribution >= 0.6 is 0 Å². The minimum absolute atomic E-state index is 0.0744. The largest absolute Gasteiger partial charge is 0.354 e. The van der Waals surface area contributed by atoms with Crippen LogP contribution in [0.3, 0.4) is 0 Å². The number of aryl methyl sites for hydroxylation is 2. The fourth-order valence-electron chi connectivity index (χ4n) is 2.20. The van der Waals surface area contributed by atoms with E-state index < -0.39 is 6.04 Å². The SMILES string of the molecule is Cc1ccc(C(=O)N[C@@H]2CCCCNC2=O)cc1C. The summed E-state index contributed by atoms with van der Waals surface area (Å²) in [4.78, 5) is 23.9. The molecule has 0 saturated carbocycles. The lowest BCUT2D eigenvalue weighted by Crippen LogP contribution is -2.45. The zero-order valence-electron chi connectivity index (χ0n) is 11.5. The molecule has 0 bridgehead atoms. The second kappa shape index (κ2) is 5.87. The summed E-state index contributed by atoms with van der Waals surface area (Å²) in [5.74, 6) is -0.250. The van der Waals surface area contributed by atoms with Gasteiger partial charge in [-0.05, 0) is 56.4 Å². The molecule has 1 saturated heterocycles. The zero-order valence-corrected chi connectivity index (χ0v) is 11.5. The van der Waals surface area contributed by atoms with E-state index in [2.05, 4.69) is 10.6 Å². The third kappa shape index (κ3) is 3.34. The van der Waals surface area contributed by atoms with Crippen LogP contribution in [0.25, 0.3) is 0 Å². The van der Waals surface area contributed by atoms with Crippen molar-refractivity contribution in [2.45, 2.75) is 39.2 Å². The highest BCUT2D eigenvalue weighted by Crippen LogP contribution is 2.11. The molecule has 1 heterocycles. The van der Waals surface area contributed by atoms with Gasteiger partial charge in [0.05, 0.1) is 0 Å². The summed E-state index contributed by atoms with van der Waals surface area (Å²) in [7, 11) is 0. The van der Waals surface area contributed by atoms with Crippen LogP contribution < -0.4 is 10.6 Å². The minimum Gasteiger partial charge on any atom is -0.354 e. The van der Waals surface area contributed by atoms with Crippen LogP contribution in [0.4, 0.5) is 0 Å². The van der Waals surface area contributed by atoms with E-state index >= 15 is 0 Å². The summed E-state index contributed by atoms with van der Waals surface area (Å²) < 4.78 is 0. The van der Waals surface area contributed by atoms with Crippen LogP contribution in [0.15, 0.2) is 18.2 Å². The molecule has 1 aliphatic heterocycles. The highest BCUT2D eigenvalue weighted by atomic mass is 16.2. The molecule has 0 aromatic heterocycles. The number of carbonyl (C=O) groups is 2. The Labute approximate surface area is 113 Å². The lowest BCUT2D eigenvalue weighted by Gasteiger charge is -2.15. The Kier molecular flexibility index (Phi) is 4.20. The van der Waals surface area contributed by atoms with Crippen LogP contribution in [0.1, 0.15) is 40.7 Å². The Balaban J connectivity index is 2.07. The molecule has 1 atom stereocenters. The summed E-state index contributed by atoms with van der Waals surface area (Å²) in [5.41, 5.74) is 2.85. The van der Waals surface area contributed by atoms with Gasteiger partial charge in [-0.1, -0.05) is 6.07 Å². The smallest absolute Gasteiger partial charge is 0.251 e. The lowest BCUT2D eigenvalue weighted by atomic mass is 10.0. The Morgan fingerprint density at radius 3 is 2.79 bits per heavy atom. The van der Waals surface area contributed by atoms with E-state index in [1.807, 2.05) is 26.0 Å². The predicted molar refractivity (Wildman–Crippen MR) is 74.0 cm³/mol. The van der Waals surface area contributed by atoms with E-state index in [4.69, 9.17) is 0 Å². The van der Waals surface area contributed by atoms with Gasteiger partial charge in [-0.25, -0.2) is 0 Å². The standard InChI is InChI=1S/C15H20N2O2/c1-10-6-7-12(9-11(10)2)14(18)17-13-5-3-4-8-16-15(13)19/h6-7,9,13H,3-5,8H2,1-2H3,(H,16,19)(H,17,18)/t13-/m1/s1. The van der Waals surface area contributed by atoms with Crippen molar-refractivity contribution < 1.29 is 9.59 Å². The molecular formula is C15H20N2O2. The van der Waals surface area contributed by atoms with Crippen molar-refractivity contribution in [3.63, 3.8) is 0 Å².